The van der Waals surface area contributed by atoms with Crippen LogP contribution >= 0.6 is 0 Å². The van der Waals surface area contributed by atoms with Crippen molar-refractivity contribution in [3.63, 3.8) is 0 Å². The van der Waals surface area contributed by atoms with Crippen molar-refractivity contribution in [3.8, 4) is 0 Å². The van der Waals surface area contributed by atoms with Gasteiger partial charge in [0.25, 0.3) is 0 Å². The fourth-order valence-electron chi connectivity index (χ4n) is 0.944. The van der Waals surface area contributed by atoms with Crippen LogP contribution in [0.25, 0.3) is 0 Å². The lowest BCUT2D eigenvalue weighted by molar-refractivity contribution is 0.0354. The molecular formula is C6H12FNO. The Morgan fingerprint density at radius 1 is 1.33 bits per heavy atom. The molecule has 0 aromatic heterocycles. The first kappa shape index (κ1) is 6.96. The lowest BCUT2D eigenvalue weighted by atomic mass is 10.4. The molecule has 1 heterocycles. The van der Waals surface area contributed by atoms with Gasteiger partial charge in [-0.1, -0.05) is 0 Å². The zero-order valence-corrected chi connectivity index (χ0v) is 5.48. The molecule has 0 radical (unpaired) electrons. The number of hydrogen-bond donors (Lipinski definition) is 0. The van der Waals surface area contributed by atoms with Crippen molar-refractivity contribution in [2.45, 2.75) is 0 Å². The predicted octanol–water partition coefficient (Wildman–Crippen LogP) is 0.288. The third kappa shape index (κ3) is 2.28. The standard InChI is InChI=1S/C6H12FNO/c7-1-2-8-3-5-9-6-4-8/h1-6H2. The van der Waals surface area contributed by atoms with Gasteiger partial charge in [0.2, 0.25) is 0 Å². The second-order valence-electron chi connectivity index (χ2n) is 2.14. The van der Waals surface area contributed by atoms with Crippen molar-refractivity contribution in [2.75, 3.05) is 39.5 Å². The molecule has 9 heavy (non-hydrogen) atoms. The van der Waals surface area contributed by atoms with Crippen molar-refractivity contribution >= 4 is 0 Å². The zero-order valence-electron chi connectivity index (χ0n) is 5.48. The first-order valence-electron chi connectivity index (χ1n) is 3.29. The van der Waals surface area contributed by atoms with Crippen LogP contribution < -0.4 is 0 Å². The van der Waals surface area contributed by atoms with E-state index in [4.69, 9.17) is 4.74 Å². The minimum Gasteiger partial charge on any atom is -0.379 e. The smallest absolute Gasteiger partial charge is 0.102 e. The Balaban J connectivity index is 2.08. The number of alkyl halides is 1. The highest BCUT2D eigenvalue weighted by atomic mass is 19.1. The maximum atomic E-state index is 11.7. The summed E-state index contributed by atoms with van der Waals surface area (Å²) >= 11 is 0. The van der Waals surface area contributed by atoms with Crippen LogP contribution in [0.1, 0.15) is 0 Å². The molecule has 1 aliphatic heterocycles. The number of ether oxygens (including phenoxy) is 1. The highest BCUT2D eigenvalue weighted by Crippen LogP contribution is 1.94. The molecule has 0 spiro atoms. The Hall–Kier alpha value is -0.150. The van der Waals surface area contributed by atoms with E-state index in [0.29, 0.717) is 6.54 Å². The first-order chi connectivity index (χ1) is 4.43. The Labute approximate surface area is 54.6 Å². The highest BCUT2D eigenvalue weighted by Gasteiger charge is 2.08. The van der Waals surface area contributed by atoms with Gasteiger partial charge in [-0.2, -0.15) is 0 Å². The number of halogens is 1. The third-order valence-corrected chi connectivity index (χ3v) is 1.50. The SMILES string of the molecule is FCCN1CCOCC1. The van der Waals surface area contributed by atoms with Crippen LogP contribution in [-0.2, 0) is 4.74 Å². The Morgan fingerprint density at radius 3 is 2.56 bits per heavy atom. The van der Waals surface area contributed by atoms with Crippen LogP contribution in [0, 0.1) is 0 Å². The fraction of sp³-hybridized carbons (Fsp3) is 1.00. The number of rotatable bonds is 2. The molecule has 0 bridgehead atoms. The summed E-state index contributed by atoms with van der Waals surface area (Å²) in [4.78, 5) is 2.07. The molecule has 1 saturated heterocycles. The third-order valence-electron chi connectivity index (χ3n) is 1.50. The van der Waals surface area contributed by atoms with E-state index in [9.17, 15) is 4.39 Å². The van der Waals surface area contributed by atoms with Crippen molar-refractivity contribution in [2.24, 2.45) is 0 Å². The highest BCUT2D eigenvalue weighted by molar-refractivity contribution is 4.59. The van der Waals surface area contributed by atoms with Crippen molar-refractivity contribution in [1.29, 1.82) is 0 Å². The molecule has 0 aliphatic carbocycles. The second kappa shape index (κ2) is 3.80. The van der Waals surface area contributed by atoms with Gasteiger partial charge >= 0.3 is 0 Å². The molecular weight excluding hydrogens is 121 g/mol. The molecule has 54 valence electrons. The monoisotopic (exact) mass is 133 g/mol. The maximum absolute atomic E-state index is 11.7. The molecule has 0 aromatic carbocycles. The van der Waals surface area contributed by atoms with Gasteiger partial charge in [-0.05, 0) is 0 Å². The second-order valence-corrected chi connectivity index (χ2v) is 2.14. The van der Waals surface area contributed by atoms with Crippen molar-refractivity contribution in [3.05, 3.63) is 0 Å². The van der Waals surface area contributed by atoms with Gasteiger partial charge in [-0.25, -0.2) is 4.39 Å². The fourth-order valence-corrected chi connectivity index (χ4v) is 0.944. The Kier molecular flexibility index (Phi) is 2.94. The van der Waals surface area contributed by atoms with E-state index < -0.39 is 0 Å². The van der Waals surface area contributed by atoms with Gasteiger partial charge in [-0.15, -0.1) is 0 Å². The van der Waals surface area contributed by atoms with E-state index >= 15 is 0 Å². The van der Waals surface area contributed by atoms with Crippen LogP contribution in [0.3, 0.4) is 0 Å². The number of morpholine rings is 1. The molecule has 1 rings (SSSR count). The van der Waals surface area contributed by atoms with E-state index in [0.717, 1.165) is 26.3 Å². The van der Waals surface area contributed by atoms with Crippen LogP contribution in [-0.4, -0.2) is 44.4 Å². The van der Waals surface area contributed by atoms with Gasteiger partial charge in [0.15, 0.2) is 0 Å². The summed E-state index contributed by atoms with van der Waals surface area (Å²) in [5.74, 6) is 0. The quantitative estimate of drug-likeness (QED) is 0.536. The van der Waals surface area contributed by atoms with E-state index in [2.05, 4.69) is 4.90 Å². The maximum Gasteiger partial charge on any atom is 0.102 e. The molecule has 0 amide bonds. The van der Waals surface area contributed by atoms with Gasteiger partial charge in [0, 0.05) is 19.6 Å². The van der Waals surface area contributed by atoms with Gasteiger partial charge in [0.05, 0.1) is 13.2 Å². The van der Waals surface area contributed by atoms with Gasteiger partial charge < -0.3 is 4.74 Å². The minimum atomic E-state index is -0.236. The topological polar surface area (TPSA) is 12.5 Å². The lowest BCUT2D eigenvalue weighted by Crippen LogP contribution is -2.37. The zero-order chi connectivity index (χ0) is 6.53. The number of hydrogen-bond acceptors (Lipinski definition) is 2. The minimum absolute atomic E-state index is 0.236. The summed E-state index contributed by atoms with van der Waals surface area (Å²) in [5, 5.41) is 0. The van der Waals surface area contributed by atoms with E-state index in [1.807, 2.05) is 0 Å². The molecule has 2 nitrogen and oxygen atoms in total. The van der Waals surface area contributed by atoms with E-state index in [1.54, 1.807) is 0 Å². The van der Waals surface area contributed by atoms with Crippen LogP contribution in [0.5, 0.6) is 0 Å². The van der Waals surface area contributed by atoms with Crippen molar-refractivity contribution in [1.82, 2.24) is 4.90 Å². The molecule has 1 fully saturated rings. The molecule has 1 aliphatic rings. The summed E-state index contributed by atoms with van der Waals surface area (Å²) < 4.78 is 16.8. The Morgan fingerprint density at radius 2 is 2.00 bits per heavy atom. The van der Waals surface area contributed by atoms with Crippen LogP contribution in [0.2, 0.25) is 0 Å². The molecule has 0 saturated carbocycles. The van der Waals surface area contributed by atoms with Crippen LogP contribution in [0.15, 0.2) is 0 Å². The normalized spacial score (nSPS) is 22.3. The first-order valence-corrected chi connectivity index (χ1v) is 3.29. The van der Waals surface area contributed by atoms with E-state index in [-0.39, 0.29) is 6.67 Å². The molecule has 0 atom stereocenters. The summed E-state index contributed by atoms with van der Waals surface area (Å²) in [6.45, 7) is 3.65. The molecule has 3 heteroatoms. The average molecular weight is 133 g/mol. The largest absolute Gasteiger partial charge is 0.379 e. The lowest BCUT2D eigenvalue weighted by Gasteiger charge is -2.24. The Bertz CT molecular complexity index is 70.7. The number of nitrogens with zero attached hydrogens (tertiary/aromatic N) is 1. The summed E-state index contributed by atoms with van der Waals surface area (Å²) in [7, 11) is 0. The predicted molar refractivity (Wildman–Crippen MR) is 33.2 cm³/mol. The van der Waals surface area contributed by atoms with Crippen LogP contribution in [0.4, 0.5) is 4.39 Å². The summed E-state index contributed by atoms with van der Waals surface area (Å²) in [6, 6.07) is 0. The molecule has 0 N–H and O–H groups in total. The average Bonchev–Trinajstić information content (AvgIpc) is 1.91. The van der Waals surface area contributed by atoms with Gasteiger partial charge in [0.1, 0.15) is 6.67 Å². The molecule has 0 unspecified atom stereocenters. The summed E-state index contributed by atoms with van der Waals surface area (Å²) in [5.41, 5.74) is 0. The summed E-state index contributed by atoms with van der Waals surface area (Å²) in [6.07, 6.45) is 0. The molecule has 0 aromatic rings. The van der Waals surface area contributed by atoms with E-state index in [1.165, 1.54) is 0 Å². The van der Waals surface area contributed by atoms with Gasteiger partial charge in [-0.3, -0.25) is 4.90 Å². The van der Waals surface area contributed by atoms with Crippen molar-refractivity contribution < 1.29 is 9.13 Å².